The highest BCUT2D eigenvalue weighted by molar-refractivity contribution is 8.00. The van der Waals surface area contributed by atoms with Crippen LogP contribution in [0.25, 0.3) is 10.9 Å². The number of para-hydroxylation sites is 2. The number of anilines is 1. The van der Waals surface area contributed by atoms with Crippen molar-refractivity contribution >= 4 is 40.2 Å². The van der Waals surface area contributed by atoms with Crippen LogP contribution in [-0.4, -0.2) is 47.3 Å². The van der Waals surface area contributed by atoms with Gasteiger partial charge in [-0.25, -0.2) is 4.98 Å². The van der Waals surface area contributed by atoms with Gasteiger partial charge in [-0.1, -0.05) is 36.9 Å². The molecule has 0 bridgehead atoms. The number of thioether (sulfide) groups is 1. The maximum atomic E-state index is 13.8. The first-order chi connectivity index (χ1) is 21.4. The number of amides is 2. The van der Waals surface area contributed by atoms with Gasteiger partial charge in [0, 0.05) is 25.6 Å². The van der Waals surface area contributed by atoms with Crippen molar-refractivity contribution in [1.29, 1.82) is 0 Å². The van der Waals surface area contributed by atoms with E-state index < -0.39 is 5.25 Å². The molecule has 4 aromatic rings. The van der Waals surface area contributed by atoms with Crippen molar-refractivity contribution in [3.63, 3.8) is 0 Å². The molecular formula is C31H30N4O8S. The predicted molar refractivity (Wildman–Crippen MR) is 163 cm³/mol. The van der Waals surface area contributed by atoms with Crippen LogP contribution in [0.3, 0.4) is 0 Å². The number of hydrogen-bond donors (Lipinski definition) is 2. The van der Waals surface area contributed by atoms with Crippen LogP contribution in [0.2, 0.25) is 0 Å². The Kier molecular flexibility index (Phi) is 8.46. The van der Waals surface area contributed by atoms with E-state index >= 15 is 0 Å². The lowest BCUT2D eigenvalue weighted by atomic mass is 10.2. The standard InChI is InChI=1S/C31H30N4O8S/c1-3-27(29(37)33-20-6-4-5-7-22(20)39-2)44-31-34-21-14-26-25(42-17-43-26)13-19(21)30(38)35(31)11-10-28(36)32-15-18-8-9-23-24(12-18)41-16-40-23/h4-9,12-14,27H,3,10-11,15-17H2,1-2H3,(H,32,36)(H,33,37)/t27-/m1/s1. The Balaban J connectivity index is 1.23. The highest BCUT2D eigenvalue weighted by atomic mass is 32.2. The summed E-state index contributed by atoms with van der Waals surface area (Å²) in [7, 11) is 1.53. The SMILES string of the molecule is CC[C@@H](Sc1nc2cc3c(cc2c(=O)n1CCC(=O)NCc1ccc2c(c1)OCO2)OCO3)C(=O)Nc1ccccc1OC. The topological polar surface area (TPSA) is 139 Å². The highest BCUT2D eigenvalue weighted by Gasteiger charge is 2.25. The van der Waals surface area contributed by atoms with Gasteiger partial charge in [0.15, 0.2) is 28.2 Å². The first-order valence-corrected chi connectivity index (χ1v) is 14.9. The van der Waals surface area contributed by atoms with Crippen molar-refractivity contribution in [2.24, 2.45) is 0 Å². The number of benzene rings is 3. The lowest BCUT2D eigenvalue weighted by molar-refractivity contribution is -0.121. The Hall–Kier alpha value is -4.91. The molecule has 44 heavy (non-hydrogen) atoms. The molecule has 12 nitrogen and oxygen atoms in total. The lowest BCUT2D eigenvalue weighted by Crippen LogP contribution is -2.30. The van der Waals surface area contributed by atoms with Crippen LogP contribution in [0.5, 0.6) is 28.7 Å². The van der Waals surface area contributed by atoms with E-state index in [1.54, 1.807) is 36.4 Å². The molecule has 0 radical (unpaired) electrons. The molecule has 0 unspecified atom stereocenters. The van der Waals surface area contributed by atoms with Crippen LogP contribution in [0, 0.1) is 0 Å². The zero-order chi connectivity index (χ0) is 30.6. The number of carbonyl (C=O) groups is 2. The van der Waals surface area contributed by atoms with Gasteiger partial charge < -0.3 is 34.3 Å². The molecule has 1 atom stereocenters. The average Bonchev–Trinajstić information content (AvgIpc) is 3.70. The number of methoxy groups -OCH3 is 1. The van der Waals surface area contributed by atoms with Gasteiger partial charge in [-0.3, -0.25) is 19.0 Å². The van der Waals surface area contributed by atoms with Gasteiger partial charge >= 0.3 is 0 Å². The minimum atomic E-state index is -0.593. The Bertz CT molecular complexity index is 1790. The lowest BCUT2D eigenvalue weighted by Gasteiger charge is -2.19. The van der Waals surface area contributed by atoms with E-state index in [1.165, 1.54) is 11.7 Å². The summed E-state index contributed by atoms with van der Waals surface area (Å²) < 4.78 is 28.5. The van der Waals surface area contributed by atoms with Gasteiger partial charge in [-0.15, -0.1) is 0 Å². The predicted octanol–water partition coefficient (Wildman–Crippen LogP) is 4.08. The molecule has 3 heterocycles. The summed E-state index contributed by atoms with van der Waals surface area (Å²) >= 11 is 1.16. The second kappa shape index (κ2) is 12.8. The largest absolute Gasteiger partial charge is 0.495 e. The maximum Gasteiger partial charge on any atom is 0.262 e. The molecule has 0 saturated carbocycles. The quantitative estimate of drug-likeness (QED) is 0.187. The molecule has 2 amide bonds. The van der Waals surface area contributed by atoms with Crippen molar-refractivity contribution in [2.45, 2.75) is 43.3 Å². The van der Waals surface area contributed by atoms with E-state index in [0.717, 1.165) is 17.3 Å². The summed E-state index contributed by atoms with van der Waals surface area (Å²) in [6.07, 6.45) is 0.469. The molecule has 1 aromatic heterocycles. The van der Waals surface area contributed by atoms with Crippen molar-refractivity contribution in [2.75, 3.05) is 26.0 Å². The van der Waals surface area contributed by atoms with Crippen molar-refractivity contribution in [3.8, 4) is 28.7 Å². The number of rotatable bonds is 11. The summed E-state index contributed by atoms with van der Waals surface area (Å²) in [5.74, 6) is 2.25. The molecule has 0 spiro atoms. The number of nitrogens with zero attached hydrogens (tertiary/aromatic N) is 2. The third-order valence-electron chi connectivity index (χ3n) is 7.18. The van der Waals surface area contributed by atoms with Crippen LogP contribution in [-0.2, 0) is 22.7 Å². The zero-order valence-electron chi connectivity index (χ0n) is 24.1. The van der Waals surface area contributed by atoms with Gasteiger partial charge in [0.05, 0.1) is 29.0 Å². The maximum absolute atomic E-state index is 13.8. The van der Waals surface area contributed by atoms with Crippen molar-refractivity contribution < 1.29 is 33.3 Å². The van der Waals surface area contributed by atoms with E-state index in [-0.39, 0.29) is 50.5 Å². The summed E-state index contributed by atoms with van der Waals surface area (Å²) in [6.45, 7) is 2.43. The van der Waals surface area contributed by atoms with Crippen LogP contribution >= 0.6 is 11.8 Å². The van der Waals surface area contributed by atoms with Crippen LogP contribution in [0.4, 0.5) is 5.69 Å². The monoisotopic (exact) mass is 618 g/mol. The molecule has 228 valence electrons. The Morgan fingerprint density at radius 2 is 1.73 bits per heavy atom. The van der Waals surface area contributed by atoms with Gasteiger partial charge in [0.1, 0.15) is 5.75 Å². The summed E-state index contributed by atoms with van der Waals surface area (Å²) in [6, 6.07) is 15.9. The number of carbonyl (C=O) groups excluding carboxylic acids is 2. The van der Waals surface area contributed by atoms with Gasteiger partial charge in [-0.05, 0) is 42.3 Å². The van der Waals surface area contributed by atoms with E-state index in [0.29, 0.717) is 56.9 Å². The van der Waals surface area contributed by atoms with Crippen LogP contribution in [0.15, 0.2) is 64.5 Å². The normalized spacial score (nSPS) is 13.5. The number of nitrogens with one attached hydrogen (secondary N) is 2. The molecule has 0 saturated heterocycles. The second-order valence-electron chi connectivity index (χ2n) is 9.99. The van der Waals surface area contributed by atoms with Gasteiger partial charge in [0.25, 0.3) is 5.56 Å². The number of fused-ring (bicyclic) bond motifs is 3. The summed E-state index contributed by atoms with van der Waals surface area (Å²) in [5.41, 5.74) is 1.45. The number of aromatic nitrogens is 2. The van der Waals surface area contributed by atoms with E-state index in [4.69, 9.17) is 28.7 Å². The minimum Gasteiger partial charge on any atom is -0.495 e. The molecule has 6 rings (SSSR count). The minimum absolute atomic E-state index is 0.0138. The fourth-order valence-corrected chi connectivity index (χ4v) is 5.88. The van der Waals surface area contributed by atoms with Gasteiger partial charge in [-0.2, -0.15) is 0 Å². The Morgan fingerprint density at radius 3 is 2.50 bits per heavy atom. The van der Waals surface area contributed by atoms with Crippen LogP contribution in [0.1, 0.15) is 25.3 Å². The third-order valence-corrected chi connectivity index (χ3v) is 8.53. The fourth-order valence-electron chi connectivity index (χ4n) is 4.84. The molecule has 2 N–H and O–H groups in total. The molecule has 2 aliphatic heterocycles. The molecular weight excluding hydrogens is 588 g/mol. The van der Waals surface area contributed by atoms with Crippen molar-refractivity contribution in [1.82, 2.24) is 14.9 Å². The second-order valence-corrected chi connectivity index (χ2v) is 11.2. The van der Waals surface area contributed by atoms with E-state index in [2.05, 4.69) is 10.6 Å². The molecule has 0 aliphatic carbocycles. The first-order valence-electron chi connectivity index (χ1n) is 14.0. The average molecular weight is 619 g/mol. The highest BCUT2D eigenvalue weighted by Crippen LogP contribution is 2.36. The molecule has 2 aliphatic rings. The third kappa shape index (κ3) is 6.09. The number of hydrogen-bond acceptors (Lipinski definition) is 10. The summed E-state index contributed by atoms with van der Waals surface area (Å²) in [5, 5.41) is 5.85. The van der Waals surface area contributed by atoms with Crippen molar-refractivity contribution in [3.05, 3.63) is 70.5 Å². The summed E-state index contributed by atoms with van der Waals surface area (Å²) in [4.78, 5) is 44.8. The molecule has 3 aromatic carbocycles. The van der Waals surface area contributed by atoms with Crippen LogP contribution < -0.4 is 39.9 Å². The molecule has 13 heteroatoms. The Labute approximate surface area is 256 Å². The fraction of sp³-hybridized carbons (Fsp3) is 0.290. The first kappa shape index (κ1) is 29.2. The smallest absolute Gasteiger partial charge is 0.262 e. The molecule has 0 fully saturated rings. The Morgan fingerprint density at radius 1 is 1.00 bits per heavy atom. The zero-order valence-corrected chi connectivity index (χ0v) is 24.9. The number of ether oxygens (including phenoxy) is 5. The van der Waals surface area contributed by atoms with Gasteiger partial charge in [0.2, 0.25) is 25.4 Å². The van der Waals surface area contributed by atoms with E-state index in [1.807, 2.05) is 25.1 Å². The van der Waals surface area contributed by atoms with E-state index in [9.17, 15) is 14.4 Å².